The molecule has 1 unspecified atom stereocenters. The van der Waals surface area contributed by atoms with Gasteiger partial charge in [0.25, 0.3) is 6.43 Å². The first-order chi connectivity index (χ1) is 17.3. The number of nitrogens with one attached hydrogen (secondary N) is 3. The summed E-state index contributed by atoms with van der Waals surface area (Å²) < 4.78 is 45.1. The fraction of sp³-hybridized carbons (Fsp3) is 0.160. The molecule has 1 atom stereocenters. The summed E-state index contributed by atoms with van der Waals surface area (Å²) in [7, 11) is 0. The molecule has 0 spiro atoms. The molecule has 0 saturated carbocycles. The van der Waals surface area contributed by atoms with Gasteiger partial charge in [-0.05, 0) is 54.6 Å². The highest BCUT2D eigenvalue weighted by Gasteiger charge is 2.33. The van der Waals surface area contributed by atoms with E-state index in [1.165, 1.54) is 29.2 Å². The van der Waals surface area contributed by atoms with Crippen molar-refractivity contribution in [1.82, 2.24) is 5.32 Å². The van der Waals surface area contributed by atoms with E-state index in [4.69, 9.17) is 4.74 Å². The Kier molecular flexibility index (Phi) is 7.69. The second-order valence-corrected chi connectivity index (χ2v) is 8.28. The number of anilines is 5. The molecule has 0 aliphatic carbocycles. The van der Waals surface area contributed by atoms with Crippen LogP contribution in [0.15, 0.2) is 77.6 Å². The van der Waals surface area contributed by atoms with Crippen molar-refractivity contribution in [3.05, 3.63) is 88.8 Å². The van der Waals surface area contributed by atoms with Crippen molar-refractivity contribution >= 4 is 51.7 Å². The third kappa shape index (κ3) is 6.11. The van der Waals surface area contributed by atoms with Gasteiger partial charge in [-0.15, -0.1) is 0 Å². The molecule has 0 radical (unpaired) electrons. The number of amides is 1. The maximum Gasteiger partial charge on any atom is 0.414 e. The van der Waals surface area contributed by atoms with Crippen LogP contribution in [0.2, 0.25) is 0 Å². The average Bonchev–Trinajstić information content (AvgIpc) is 3.15. The van der Waals surface area contributed by atoms with Crippen molar-refractivity contribution in [1.29, 1.82) is 0 Å². The molecule has 1 saturated heterocycles. The first-order valence-electron chi connectivity index (χ1n) is 10.9. The smallest absolute Gasteiger partial charge is 0.414 e. The fourth-order valence-corrected chi connectivity index (χ4v) is 3.57. The van der Waals surface area contributed by atoms with Crippen LogP contribution in [-0.4, -0.2) is 36.7 Å². The second kappa shape index (κ2) is 11.1. The van der Waals surface area contributed by atoms with Gasteiger partial charge in [0, 0.05) is 11.4 Å². The van der Waals surface area contributed by atoms with E-state index in [0.717, 1.165) is 11.8 Å². The van der Waals surface area contributed by atoms with Gasteiger partial charge < -0.3 is 20.7 Å². The van der Waals surface area contributed by atoms with E-state index in [9.17, 15) is 22.8 Å². The first-order valence-corrected chi connectivity index (χ1v) is 11.3. The number of alkyl halides is 2. The number of carbonyl (C=O) groups is 1. The van der Waals surface area contributed by atoms with Crippen LogP contribution in [0.1, 0.15) is 0 Å². The normalized spacial score (nSPS) is 14.9. The Morgan fingerprint density at radius 2 is 1.64 bits per heavy atom. The number of nitrogens with zero attached hydrogens (tertiary/aromatic N) is 1. The molecule has 1 aliphatic heterocycles. The van der Waals surface area contributed by atoms with E-state index in [0.29, 0.717) is 11.4 Å². The molecular weight excluding hydrogens is 493 g/mol. The highest BCUT2D eigenvalue weighted by atomic mass is 32.1. The van der Waals surface area contributed by atoms with Crippen molar-refractivity contribution in [2.75, 3.05) is 28.6 Å². The zero-order valence-electron chi connectivity index (χ0n) is 18.7. The van der Waals surface area contributed by atoms with Crippen LogP contribution < -0.4 is 26.3 Å². The highest BCUT2D eigenvalue weighted by Crippen LogP contribution is 2.28. The Balaban J connectivity index is 1.43. The minimum Gasteiger partial charge on any atom is -0.442 e. The predicted octanol–water partition coefficient (Wildman–Crippen LogP) is 5.18. The van der Waals surface area contributed by atoms with Crippen molar-refractivity contribution in [2.24, 2.45) is 0 Å². The van der Waals surface area contributed by atoms with E-state index in [2.05, 4.69) is 28.2 Å². The Morgan fingerprint density at radius 1 is 0.972 bits per heavy atom. The molecule has 1 amide bonds. The van der Waals surface area contributed by atoms with Gasteiger partial charge >= 0.3 is 6.09 Å². The molecule has 7 nitrogen and oxygen atoms in total. The third-order valence-electron chi connectivity index (χ3n) is 5.28. The summed E-state index contributed by atoms with van der Waals surface area (Å²) in [6, 6.07) is 19.5. The summed E-state index contributed by atoms with van der Waals surface area (Å²) in [6.07, 6.45) is -4.25. The summed E-state index contributed by atoms with van der Waals surface area (Å²) in [5.41, 5.74) is 1.72. The first kappa shape index (κ1) is 25.0. The average molecular weight is 515 g/mol. The maximum absolute atomic E-state index is 14.9. The summed E-state index contributed by atoms with van der Waals surface area (Å²) >= 11 is 4.51. The summed E-state index contributed by atoms with van der Waals surface area (Å²) in [4.78, 5) is 25.2. The van der Waals surface area contributed by atoms with E-state index in [1.54, 1.807) is 12.1 Å². The number of benzene rings is 2. The van der Waals surface area contributed by atoms with Crippen molar-refractivity contribution in [3.8, 4) is 0 Å². The van der Waals surface area contributed by atoms with Crippen LogP contribution in [0.4, 0.5) is 46.4 Å². The van der Waals surface area contributed by atoms with Crippen molar-refractivity contribution < 1.29 is 22.7 Å². The largest absolute Gasteiger partial charge is 0.442 e. The minimum atomic E-state index is -2.80. The van der Waals surface area contributed by atoms with E-state index < -0.39 is 29.4 Å². The molecule has 4 rings (SSSR count). The van der Waals surface area contributed by atoms with Crippen LogP contribution in [0.5, 0.6) is 0 Å². The monoisotopic (exact) mass is 514 g/mol. The Morgan fingerprint density at radius 3 is 2.36 bits per heavy atom. The SMILES string of the molecule is O=C1OC(CNC(=S)C(F)F)CN1c1ccc(Nc2ccc(Nc3ccccc3)c(=O)cc2)c(F)c1. The molecular formula is C25H21F3N4O3S. The second-order valence-electron chi connectivity index (χ2n) is 7.84. The lowest BCUT2D eigenvalue weighted by molar-refractivity contribution is 0.142. The standard InChI is InChI=1S/C25H21F3N4O3S/c26-19-12-17(32-14-18(35-25(32)34)13-29-24(36)23(27)28)8-10-20(19)30-16-6-9-21(22(33)11-7-16)31-15-4-2-1-3-5-15/h1-12,18,23,30H,13-14H2,(H,29,36)(H,31,33). The number of hydrogen-bond acceptors (Lipinski definition) is 6. The number of ether oxygens (including phenoxy) is 1. The number of cyclic esters (lactones) is 1. The molecule has 0 bridgehead atoms. The molecule has 1 aliphatic rings. The molecule has 1 heterocycles. The highest BCUT2D eigenvalue weighted by molar-refractivity contribution is 7.80. The van der Waals surface area contributed by atoms with Gasteiger partial charge in [-0.25, -0.2) is 18.0 Å². The molecule has 11 heteroatoms. The zero-order chi connectivity index (χ0) is 25.7. The van der Waals surface area contributed by atoms with Gasteiger partial charge in [-0.1, -0.05) is 30.4 Å². The van der Waals surface area contributed by atoms with Gasteiger partial charge in [-0.3, -0.25) is 9.69 Å². The quantitative estimate of drug-likeness (QED) is 0.358. The third-order valence-corrected chi connectivity index (χ3v) is 5.60. The lowest BCUT2D eigenvalue weighted by Crippen LogP contribution is -2.36. The summed E-state index contributed by atoms with van der Waals surface area (Å²) in [5, 5.41) is 8.32. The number of rotatable bonds is 8. The van der Waals surface area contributed by atoms with Crippen molar-refractivity contribution in [2.45, 2.75) is 12.5 Å². The topological polar surface area (TPSA) is 82.7 Å². The van der Waals surface area contributed by atoms with Gasteiger partial charge in [0.15, 0.2) is 0 Å². The number of halogens is 3. The lowest BCUT2D eigenvalue weighted by Gasteiger charge is -2.15. The Bertz CT molecular complexity index is 1330. The number of hydrogen-bond donors (Lipinski definition) is 3. The molecule has 3 aromatic carbocycles. The van der Waals surface area contributed by atoms with Crippen LogP contribution in [0, 0.1) is 5.82 Å². The lowest BCUT2D eigenvalue weighted by atomic mass is 10.2. The molecule has 1 fully saturated rings. The van der Waals surface area contributed by atoms with Crippen LogP contribution in [0.25, 0.3) is 0 Å². The summed E-state index contributed by atoms with van der Waals surface area (Å²) in [5.74, 6) is -0.641. The van der Waals surface area contributed by atoms with Crippen LogP contribution >= 0.6 is 12.2 Å². The number of thiocarbonyl (C=S) groups is 1. The van der Waals surface area contributed by atoms with Crippen molar-refractivity contribution in [3.63, 3.8) is 0 Å². The summed E-state index contributed by atoms with van der Waals surface area (Å²) in [6.45, 7) is -0.0384. The van der Waals surface area contributed by atoms with Gasteiger partial charge in [0.05, 0.1) is 30.2 Å². The number of carbonyl (C=O) groups excluding carboxylic acids is 1. The van der Waals surface area contributed by atoms with Gasteiger partial charge in [0.1, 0.15) is 16.9 Å². The number of para-hydroxylation sites is 1. The molecule has 186 valence electrons. The maximum atomic E-state index is 14.9. The minimum absolute atomic E-state index is 0.0435. The van der Waals surface area contributed by atoms with E-state index in [-0.39, 0.29) is 29.9 Å². The molecule has 3 aromatic rings. The van der Waals surface area contributed by atoms with Crippen LogP contribution in [0.3, 0.4) is 0 Å². The van der Waals surface area contributed by atoms with Gasteiger partial charge in [0.2, 0.25) is 5.43 Å². The molecule has 0 aromatic heterocycles. The predicted molar refractivity (Wildman–Crippen MR) is 136 cm³/mol. The van der Waals surface area contributed by atoms with Gasteiger partial charge in [-0.2, -0.15) is 0 Å². The molecule has 36 heavy (non-hydrogen) atoms. The van der Waals surface area contributed by atoms with E-state index >= 15 is 0 Å². The van der Waals surface area contributed by atoms with E-state index in [1.807, 2.05) is 30.3 Å². The van der Waals surface area contributed by atoms with Crippen LogP contribution in [-0.2, 0) is 4.74 Å². The Labute approximate surface area is 209 Å². The zero-order valence-corrected chi connectivity index (χ0v) is 19.5. The Hall–Kier alpha value is -4.12. The molecule has 3 N–H and O–H groups in total. The fourth-order valence-electron chi connectivity index (χ4n) is 3.49.